The van der Waals surface area contributed by atoms with E-state index in [1.54, 1.807) is 0 Å². The Morgan fingerprint density at radius 2 is 1.71 bits per heavy atom. The molecule has 0 saturated carbocycles. The molecule has 0 amide bonds. The molecule has 0 aliphatic rings. The van der Waals surface area contributed by atoms with Gasteiger partial charge in [-0.1, -0.05) is 39.7 Å². The van der Waals surface area contributed by atoms with Crippen molar-refractivity contribution in [2.75, 3.05) is 0 Å². The molecule has 76 valence electrons. The first-order valence-corrected chi connectivity index (χ1v) is 4.76. The smallest absolute Gasteiger partial charge is 0.167 e. The second kappa shape index (κ2) is 4.36. The summed E-state index contributed by atoms with van der Waals surface area (Å²) in [7, 11) is 0. The molecule has 1 aromatic rings. The van der Waals surface area contributed by atoms with Crippen molar-refractivity contribution in [2.24, 2.45) is 0 Å². The molecule has 0 unspecified atom stereocenters. The number of rotatable bonds is 1. The Morgan fingerprint density at radius 1 is 1.21 bits per heavy atom. The Hall–Kier alpha value is -0.480. The van der Waals surface area contributed by atoms with Gasteiger partial charge in [0.2, 0.25) is 0 Å². The van der Waals surface area contributed by atoms with Crippen LogP contribution < -0.4 is 0 Å². The van der Waals surface area contributed by atoms with Gasteiger partial charge >= 0.3 is 6.18 Å². The Labute approximate surface area is 92.5 Å². The fraction of sp³-hybridized carbons (Fsp3) is 0.111. The van der Waals surface area contributed by atoms with Crippen molar-refractivity contribution >= 4 is 32.0 Å². The first-order valence-electron chi connectivity index (χ1n) is 3.59. The van der Waals surface area contributed by atoms with Gasteiger partial charge in [-0.25, -0.2) is 0 Å². The van der Waals surface area contributed by atoms with Crippen molar-refractivity contribution < 1.29 is 13.2 Å². The number of alkyl halides is 3. The lowest BCUT2D eigenvalue weighted by Crippen LogP contribution is -2.01. The molecule has 0 radical (unpaired) electrons. The molecule has 0 fully saturated rings. The maximum atomic E-state index is 11.9. The molecule has 1 aromatic carbocycles. The Kier molecular flexibility index (Phi) is 3.61. The highest BCUT2D eigenvalue weighted by Crippen LogP contribution is 2.28. The van der Waals surface area contributed by atoms with Gasteiger partial charge in [0, 0.05) is 15.6 Å². The predicted octanol–water partition coefficient (Wildman–Crippen LogP) is 4.64. The predicted molar refractivity (Wildman–Crippen MR) is 54.4 cm³/mol. The van der Waals surface area contributed by atoms with Crippen LogP contribution in [0.15, 0.2) is 30.3 Å². The van der Waals surface area contributed by atoms with Gasteiger partial charge in [-0.15, -0.1) is 0 Å². The molecule has 5 heteroatoms. The summed E-state index contributed by atoms with van der Waals surface area (Å²) in [6, 6.07) is 6.08. The van der Waals surface area contributed by atoms with Crippen molar-refractivity contribution in [1.29, 1.82) is 0 Å². The first-order chi connectivity index (χ1) is 6.38. The Morgan fingerprint density at radius 3 is 2.14 bits per heavy atom. The van der Waals surface area contributed by atoms with Gasteiger partial charge in [0.25, 0.3) is 0 Å². The minimum atomic E-state index is -4.32. The fourth-order valence-electron chi connectivity index (χ4n) is 0.836. The fourth-order valence-corrected chi connectivity index (χ4v) is 1.49. The zero-order chi connectivity index (χ0) is 10.8. The summed E-state index contributed by atoms with van der Waals surface area (Å²) in [5.74, 6) is 0. The van der Waals surface area contributed by atoms with Crippen LogP contribution in [0.1, 0.15) is 5.56 Å². The van der Waals surface area contributed by atoms with E-state index in [0.29, 0.717) is 10.6 Å². The lowest BCUT2D eigenvalue weighted by atomic mass is 10.2. The van der Waals surface area contributed by atoms with Gasteiger partial charge in [-0.05, 0) is 17.7 Å². The van der Waals surface area contributed by atoms with Crippen LogP contribution in [0, 0.1) is 0 Å². The van der Waals surface area contributed by atoms with Crippen LogP contribution in [-0.2, 0) is 0 Å². The summed E-state index contributed by atoms with van der Waals surface area (Å²) in [6.45, 7) is 0. The topological polar surface area (TPSA) is 0 Å². The Balaban J connectivity index is 2.95. The van der Waals surface area contributed by atoms with Crippen molar-refractivity contribution in [3.8, 4) is 0 Å². The first kappa shape index (κ1) is 11.6. The van der Waals surface area contributed by atoms with Crippen LogP contribution in [0.2, 0.25) is 5.02 Å². The number of benzene rings is 1. The van der Waals surface area contributed by atoms with Crippen LogP contribution in [0.25, 0.3) is 4.48 Å². The van der Waals surface area contributed by atoms with Crippen molar-refractivity contribution in [3.05, 3.63) is 40.9 Å². The van der Waals surface area contributed by atoms with E-state index in [-0.39, 0.29) is 10.6 Å². The third-order valence-corrected chi connectivity index (χ3v) is 2.35. The molecule has 1 rings (SSSR count). The monoisotopic (exact) mass is 284 g/mol. The lowest BCUT2D eigenvalue weighted by molar-refractivity contribution is -0.0791. The van der Waals surface area contributed by atoms with Gasteiger partial charge in [-0.2, -0.15) is 13.2 Å². The molecule has 0 N–H and O–H groups in total. The molecule has 0 atom stereocenters. The third-order valence-electron chi connectivity index (χ3n) is 1.41. The summed E-state index contributed by atoms with van der Waals surface area (Å²) in [6.07, 6.45) is -4.13. The molecule has 0 aliphatic carbocycles. The summed E-state index contributed by atoms with van der Waals surface area (Å²) in [4.78, 5) is 0. The average molecular weight is 285 g/mol. The van der Waals surface area contributed by atoms with Crippen molar-refractivity contribution in [2.45, 2.75) is 6.18 Å². The van der Waals surface area contributed by atoms with Gasteiger partial charge < -0.3 is 0 Å². The second-order valence-corrected chi connectivity index (χ2v) is 3.83. The number of hydrogen-bond acceptors (Lipinski definition) is 0. The van der Waals surface area contributed by atoms with E-state index >= 15 is 0 Å². The van der Waals surface area contributed by atoms with Crippen LogP contribution in [0.3, 0.4) is 0 Å². The average Bonchev–Trinajstić information content (AvgIpc) is 2.02. The highest BCUT2D eigenvalue weighted by Gasteiger charge is 2.24. The Bertz CT molecular complexity index is 340. The number of allylic oxidation sites excluding steroid dienone is 1. The second-order valence-electron chi connectivity index (χ2n) is 2.54. The van der Waals surface area contributed by atoms with Crippen LogP contribution in [-0.4, -0.2) is 6.18 Å². The summed E-state index contributed by atoms with van der Waals surface area (Å²) >= 11 is 8.44. The molecular weight excluding hydrogens is 280 g/mol. The summed E-state index contributed by atoms with van der Waals surface area (Å²) < 4.78 is 35.8. The molecule has 0 bridgehead atoms. The van der Waals surface area contributed by atoms with E-state index < -0.39 is 6.18 Å². The minimum Gasteiger partial charge on any atom is -0.167 e. The molecule has 14 heavy (non-hydrogen) atoms. The van der Waals surface area contributed by atoms with Crippen LogP contribution >= 0.6 is 27.5 Å². The summed E-state index contributed by atoms with van der Waals surface area (Å²) in [5.41, 5.74) is 0.437. The number of halogens is 5. The molecular formula is C9H5BrClF3. The van der Waals surface area contributed by atoms with E-state index in [2.05, 4.69) is 15.9 Å². The van der Waals surface area contributed by atoms with E-state index in [0.717, 1.165) is 0 Å². The standard InChI is InChI=1S/C9H5BrClF3/c10-8(5-9(12,13)14)6-1-3-7(11)4-2-6/h1-5H/b8-5-. The van der Waals surface area contributed by atoms with Crippen molar-refractivity contribution in [3.63, 3.8) is 0 Å². The normalized spacial score (nSPS) is 13.1. The van der Waals surface area contributed by atoms with Crippen molar-refractivity contribution in [1.82, 2.24) is 0 Å². The highest BCUT2D eigenvalue weighted by atomic mass is 79.9. The SMILES string of the molecule is FC(F)(F)/C=C(\Br)c1ccc(Cl)cc1. The quantitative estimate of drug-likeness (QED) is 0.705. The minimum absolute atomic E-state index is 0.0123. The zero-order valence-corrected chi connectivity index (χ0v) is 9.12. The lowest BCUT2D eigenvalue weighted by Gasteiger charge is -2.02. The van der Waals surface area contributed by atoms with Gasteiger partial charge in [0.05, 0.1) is 0 Å². The molecule has 0 aliphatic heterocycles. The van der Waals surface area contributed by atoms with Crippen LogP contribution in [0.4, 0.5) is 13.2 Å². The maximum Gasteiger partial charge on any atom is 0.410 e. The van der Waals surface area contributed by atoms with E-state index in [1.807, 2.05) is 0 Å². The third kappa shape index (κ3) is 3.72. The van der Waals surface area contributed by atoms with Gasteiger partial charge in [0.15, 0.2) is 0 Å². The van der Waals surface area contributed by atoms with Gasteiger partial charge in [0.1, 0.15) is 0 Å². The highest BCUT2D eigenvalue weighted by molar-refractivity contribution is 9.15. The van der Waals surface area contributed by atoms with E-state index in [1.165, 1.54) is 24.3 Å². The number of hydrogen-bond donors (Lipinski definition) is 0. The maximum absolute atomic E-state index is 11.9. The van der Waals surface area contributed by atoms with Crippen LogP contribution in [0.5, 0.6) is 0 Å². The largest absolute Gasteiger partial charge is 0.410 e. The van der Waals surface area contributed by atoms with E-state index in [9.17, 15) is 13.2 Å². The van der Waals surface area contributed by atoms with Gasteiger partial charge in [-0.3, -0.25) is 0 Å². The summed E-state index contributed by atoms with van der Waals surface area (Å²) in [5, 5.41) is 0.487. The molecule has 0 nitrogen and oxygen atoms in total. The molecule has 0 spiro atoms. The zero-order valence-electron chi connectivity index (χ0n) is 6.78. The van der Waals surface area contributed by atoms with E-state index in [4.69, 9.17) is 11.6 Å². The molecule has 0 aromatic heterocycles. The molecule has 0 heterocycles. The molecule has 0 saturated heterocycles.